The second-order valence-corrected chi connectivity index (χ2v) is 4.94. The topological polar surface area (TPSA) is 67.2 Å². The van der Waals surface area contributed by atoms with E-state index in [1.807, 2.05) is 20.0 Å². The van der Waals surface area contributed by atoms with Crippen molar-refractivity contribution in [3.8, 4) is 0 Å². The average Bonchev–Trinajstić information content (AvgIpc) is 2.78. The van der Waals surface area contributed by atoms with E-state index in [0.717, 1.165) is 12.8 Å². The number of hydrogen-bond donors (Lipinski definition) is 2. The Labute approximate surface area is 108 Å². The van der Waals surface area contributed by atoms with Crippen LogP contribution < -0.4 is 5.32 Å². The van der Waals surface area contributed by atoms with E-state index in [2.05, 4.69) is 17.3 Å². The molecule has 0 bridgehead atoms. The average molecular weight is 253 g/mol. The highest BCUT2D eigenvalue weighted by atomic mass is 16.3. The van der Waals surface area contributed by atoms with Crippen LogP contribution in [0.4, 0.5) is 0 Å². The molecule has 1 atom stereocenters. The molecule has 1 heterocycles. The van der Waals surface area contributed by atoms with Crippen molar-refractivity contribution in [1.82, 2.24) is 15.1 Å². The summed E-state index contributed by atoms with van der Waals surface area (Å²) in [4.78, 5) is 11.8. The Kier molecular flexibility index (Phi) is 5.85. The highest BCUT2D eigenvalue weighted by Gasteiger charge is 2.10. The fourth-order valence-corrected chi connectivity index (χ4v) is 1.63. The fourth-order valence-electron chi connectivity index (χ4n) is 1.63. The van der Waals surface area contributed by atoms with E-state index in [0.29, 0.717) is 18.2 Å². The van der Waals surface area contributed by atoms with Gasteiger partial charge in [0.25, 0.3) is 5.91 Å². The van der Waals surface area contributed by atoms with Crippen molar-refractivity contribution in [3.63, 3.8) is 0 Å². The standard InChI is InChI=1S/C13H23N3O2/c1-10(2)16-8-5-12(15-16)13(18)14-7-4-11(3)6-9-17/h5,8,10-11,17H,4,6-7,9H2,1-3H3,(H,14,18)/t11-/m1/s1. The molecule has 1 amide bonds. The highest BCUT2D eigenvalue weighted by molar-refractivity contribution is 5.92. The number of rotatable bonds is 7. The largest absolute Gasteiger partial charge is 0.396 e. The molecule has 1 aromatic heterocycles. The zero-order chi connectivity index (χ0) is 13.5. The molecule has 0 fully saturated rings. The maximum absolute atomic E-state index is 11.8. The number of aromatic nitrogens is 2. The van der Waals surface area contributed by atoms with Crippen LogP contribution in [0, 0.1) is 5.92 Å². The van der Waals surface area contributed by atoms with Gasteiger partial charge in [0, 0.05) is 25.4 Å². The lowest BCUT2D eigenvalue weighted by Gasteiger charge is -2.09. The van der Waals surface area contributed by atoms with Crippen LogP contribution in [0.5, 0.6) is 0 Å². The van der Waals surface area contributed by atoms with Gasteiger partial charge in [0.05, 0.1) is 0 Å². The summed E-state index contributed by atoms with van der Waals surface area (Å²) in [7, 11) is 0. The molecule has 0 spiro atoms. The van der Waals surface area contributed by atoms with Crippen LogP contribution in [0.1, 0.15) is 50.1 Å². The Bertz CT molecular complexity index is 374. The summed E-state index contributed by atoms with van der Waals surface area (Å²) in [6.07, 6.45) is 3.46. The van der Waals surface area contributed by atoms with Gasteiger partial charge in [0.15, 0.2) is 0 Å². The van der Waals surface area contributed by atoms with Crippen LogP contribution in [0.25, 0.3) is 0 Å². The summed E-state index contributed by atoms with van der Waals surface area (Å²) in [5.41, 5.74) is 0.457. The first-order valence-corrected chi connectivity index (χ1v) is 6.48. The third kappa shape index (κ3) is 4.49. The lowest BCUT2D eigenvalue weighted by molar-refractivity contribution is 0.0945. The van der Waals surface area contributed by atoms with Gasteiger partial charge in [-0.1, -0.05) is 6.92 Å². The molecule has 5 heteroatoms. The number of aliphatic hydroxyl groups is 1. The minimum Gasteiger partial charge on any atom is -0.396 e. The van der Waals surface area contributed by atoms with Crippen LogP contribution in [0.15, 0.2) is 12.3 Å². The van der Waals surface area contributed by atoms with Gasteiger partial charge in [-0.25, -0.2) is 0 Å². The lowest BCUT2D eigenvalue weighted by atomic mass is 10.1. The van der Waals surface area contributed by atoms with E-state index in [-0.39, 0.29) is 18.6 Å². The SMILES string of the molecule is CC(C)n1ccc(C(=O)NCC[C@@H](C)CCO)n1. The quantitative estimate of drug-likeness (QED) is 0.775. The summed E-state index contributed by atoms with van der Waals surface area (Å²) in [6.45, 7) is 6.93. The maximum atomic E-state index is 11.8. The van der Waals surface area contributed by atoms with E-state index in [9.17, 15) is 4.79 Å². The second-order valence-electron chi connectivity index (χ2n) is 4.94. The molecule has 0 saturated heterocycles. The van der Waals surface area contributed by atoms with Gasteiger partial charge >= 0.3 is 0 Å². The van der Waals surface area contributed by atoms with E-state index >= 15 is 0 Å². The second kappa shape index (κ2) is 7.16. The molecular weight excluding hydrogens is 230 g/mol. The summed E-state index contributed by atoms with van der Waals surface area (Å²) >= 11 is 0. The van der Waals surface area contributed by atoms with Crippen molar-refractivity contribution in [2.24, 2.45) is 5.92 Å². The van der Waals surface area contributed by atoms with Crippen molar-refractivity contribution in [1.29, 1.82) is 0 Å². The van der Waals surface area contributed by atoms with Gasteiger partial charge in [0.2, 0.25) is 0 Å². The molecule has 2 N–H and O–H groups in total. The molecule has 102 valence electrons. The Morgan fingerprint density at radius 1 is 1.44 bits per heavy atom. The van der Waals surface area contributed by atoms with Crippen molar-refractivity contribution >= 4 is 5.91 Å². The first kappa shape index (κ1) is 14.7. The van der Waals surface area contributed by atoms with Gasteiger partial charge in [0.1, 0.15) is 5.69 Å². The van der Waals surface area contributed by atoms with Gasteiger partial charge < -0.3 is 10.4 Å². The number of nitrogens with zero attached hydrogens (tertiary/aromatic N) is 2. The Hall–Kier alpha value is -1.36. The third-order valence-corrected chi connectivity index (χ3v) is 2.91. The number of hydrogen-bond acceptors (Lipinski definition) is 3. The van der Waals surface area contributed by atoms with E-state index in [4.69, 9.17) is 5.11 Å². The Morgan fingerprint density at radius 2 is 2.17 bits per heavy atom. The maximum Gasteiger partial charge on any atom is 0.271 e. The molecule has 1 rings (SSSR count). The summed E-state index contributed by atoms with van der Waals surface area (Å²) in [6, 6.07) is 1.99. The zero-order valence-corrected chi connectivity index (χ0v) is 11.4. The minimum atomic E-state index is -0.134. The molecule has 0 aliphatic heterocycles. The molecular formula is C13H23N3O2. The molecule has 18 heavy (non-hydrogen) atoms. The molecule has 0 aliphatic rings. The lowest BCUT2D eigenvalue weighted by Crippen LogP contribution is -2.26. The molecule has 0 unspecified atom stereocenters. The molecule has 0 aliphatic carbocycles. The van der Waals surface area contributed by atoms with Crippen LogP contribution in [0.3, 0.4) is 0 Å². The number of aliphatic hydroxyl groups excluding tert-OH is 1. The number of carbonyl (C=O) groups is 1. The smallest absolute Gasteiger partial charge is 0.271 e. The van der Waals surface area contributed by atoms with E-state index in [1.165, 1.54) is 0 Å². The fraction of sp³-hybridized carbons (Fsp3) is 0.692. The number of carbonyl (C=O) groups excluding carboxylic acids is 1. The zero-order valence-electron chi connectivity index (χ0n) is 11.4. The van der Waals surface area contributed by atoms with Crippen molar-refractivity contribution < 1.29 is 9.90 Å². The molecule has 5 nitrogen and oxygen atoms in total. The molecule has 0 radical (unpaired) electrons. The predicted octanol–water partition coefficient (Wildman–Crippen LogP) is 1.60. The van der Waals surface area contributed by atoms with Gasteiger partial charge in [-0.3, -0.25) is 9.48 Å². The van der Waals surface area contributed by atoms with Crippen molar-refractivity contribution in [3.05, 3.63) is 18.0 Å². The first-order chi connectivity index (χ1) is 8.54. The minimum absolute atomic E-state index is 0.134. The molecule has 0 saturated carbocycles. The Morgan fingerprint density at radius 3 is 2.72 bits per heavy atom. The highest BCUT2D eigenvalue weighted by Crippen LogP contribution is 2.06. The summed E-state index contributed by atoms with van der Waals surface area (Å²) in [5.74, 6) is 0.286. The van der Waals surface area contributed by atoms with Crippen molar-refractivity contribution in [2.45, 2.75) is 39.7 Å². The number of nitrogens with one attached hydrogen (secondary N) is 1. The Balaban J connectivity index is 2.36. The summed E-state index contributed by atoms with van der Waals surface area (Å²) in [5, 5.41) is 15.8. The summed E-state index contributed by atoms with van der Waals surface area (Å²) < 4.78 is 1.77. The van der Waals surface area contributed by atoms with E-state index < -0.39 is 0 Å². The predicted molar refractivity (Wildman–Crippen MR) is 70.4 cm³/mol. The van der Waals surface area contributed by atoms with Gasteiger partial charge in [-0.2, -0.15) is 5.10 Å². The van der Waals surface area contributed by atoms with Crippen LogP contribution >= 0.6 is 0 Å². The normalized spacial score (nSPS) is 12.7. The van der Waals surface area contributed by atoms with E-state index in [1.54, 1.807) is 10.7 Å². The molecule has 1 aromatic rings. The van der Waals surface area contributed by atoms with Crippen LogP contribution in [-0.2, 0) is 0 Å². The first-order valence-electron chi connectivity index (χ1n) is 6.48. The molecule has 0 aromatic carbocycles. The number of amides is 1. The third-order valence-electron chi connectivity index (χ3n) is 2.91. The van der Waals surface area contributed by atoms with Crippen LogP contribution in [0.2, 0.25) is 0 Å². The monoisotopic (exact) mass is 253 g/mol. The van der Waals surface area contributed by atoms with Crippen LogP contribution in [-0.4, -0.2) is 33.9 Å². The van der Waals surface area contributed by atoms with Gasteiger partial charge in [-0.05, 0) is 38.7 Å². The van der Waals surface area contributed by atoms with Gasteiger partial charge in [-0.15, -0.1) is 0 Å². The van der Waals surface area contributed by atoms with Crippen molar-refractivity contribution in [2.75, 3.05) is 13.2 Å².